The zero-order valence-electron chi connectivity index (χ0n) is 18.3. The number of hydrogen-bond donors (Lipinski definition) is 0. The molecule has 0 saturated carbocycles. The molecule has 0 bridgehead atoms. The van der Waals surface area contributed by atoms with Gasteiger partial charge in [-0.2, -0.15) is 0 Å². The van der Waals surface area contributed by atoms with Crippen LogP contribution in [0.4, 0.5) is 0 Å². The van der Waals surface area contributed by atoms with Crippen molar-refractivity contribution in [2.75, 3.05) is 67.4 Å². The highest BCUT2D eigenvalue weighted by Gasteiger charge is 2.42. The summed E-state index contributed by atoms with van der Waals surface area (Å²) in [7, 11) is 4.76. The number of amides is 2. The highest BCUT2D eigenvalue weighted by molar-refractivity contribution is 6.36. The van der Waals surface area contributed by atoms with E-state index in [1.165, 1.54) is 4.90 Å². The molecule has 1 aliphatic rings. The van der Waals surface area contributed by atoms with Gasteiger partial charge in [0.1, 0.15) is 11.4 Å². The fourth-order valence-corrected chi connectivity index (χ4v) is 3.36. The predicted octanol–water partition coefficient (Wildman–Crippen LogP) is 1.80. The van der Waals surface area contributed by atoms with E-state index in [4.69, 9.17) is 18.9 Å². The Kier molecular flexibility index (Phi) is 9.79. The third-order valence-electron chi connectivity index (χ3n) is 4.84. The van der Waals surface area contributed by atoms with Crippen LogP contribution < -0.4 is 4.74 Å². The van der Waals surface area contributed by atoms with Crippen molar-refractivity contribution in [3.63, 3.8) is 0 Å². The highest BCUT2D eigenvalue weighted by atomic mass is 16.5. The lowest BCUT2D eigenvalue weighted by Gasteiger charge is -2.25. The second kappa shape index (κ2) is 12.3. The van der Waals surface area contributed by atoms with Crippen molar-refractivity contribution in [3.05, 3.63) is 35.5 Å². The van der Waals surface area contributed by atoms with Crippen molar-refractivity contribution in [1.29, 1.82) is 0 Å². The van der Waals surface area contributed by atoms with Gasteiger partial charge in [0.2, 0.25) is 0 Å². The first-order valence-electron chi connectivity index (χ1n) is 10.1. The third-order valence-corrected chi connectivity index (χ3v) is 4.84. The lowest BCUT2D eigenvalue weighted by Crippen LogP contribution is -2.38. The zero-order valence-corrected chi connectivity index (χ0v) is 18.3. The minimum absolute atomic E-state index is 0.294. The summed E-state index contributed by atoms with van der Waals surface area (Å²) >= 11 is 0. The summed E-state index contributed by atoms with van der Waals surface area (Å²) in [6.07, 6.45) is 0.577. The van der Waals surface area contributed by atoms with Gasteiger partial charge in [-0.05, 0) is 19.4 Å². The van der Waals surface area contributed by atoms with Crippen LogP contribution in [0.15, 0.2) is 30.0 Å². The van der Waals surface area contributed by atoms with Crippen molar-refractivity contribution in [1.82, 2.24) is 9.80 Å². The van der Waals surface area contributed by atoms with Gasteiger partial charge >= 0.3 is 0 Å². The van der Waals surface area contributed by atoms with E-state index in [0.717, 1.165) is 0 Å². The minimum Gasteiger partial charge on any atom is -0.496 e. The molecule has 0 aliphatic carbocycles. The van der Waals surface area contributed by atoms with Gasteiger partial charge in [0.25, 0.3) is 11.8 Å². The number of rotatable bonds is 14. The van der Waals surface area contributed by atoms with Gasteiger partial charge in [-0.25, -0.2) is 0 Å². The van der Waals surface area contributed by atoms with Crippen LogP contribution in [-0.4, -0.2) is 89.0 Å². The van der Waals surface area contributed by atoms with Gasteiger partial charge < -0.3 is 23.8 Å². The van der Waals surface area contributed by atoms with Gasteiger partial charge in [0.05, 0.1) is 25.9 Å². The monoisotopic (exact) mass is 420 g/mol. The van der Waals surface area contributed by atoms with E-state index in [9.17, 15) is 9.59 Å². The van der Waals surface area contributed by atoms with E-state index >= 15 is 0 Å². The molecule has 1 heterocycles. The Bertz CT molecular complexity index is 741. The number of carbonyl (C=O) groups is 2. The molecule has 0 radical (unpaired) electrons. The standard InChI is InChI=1S/C22H32N2O6/c1-5-30-14-8-11-24-21(25)19(17-9-6-7-10-18(17)29-4)20(22(24)26)23(12-15-27-2)13-16-28-3/h6-7,9-10H,5,8,11-16H2,1-4H3. The summed E-state index contributed by atoms with van der Waals surface area (Å²) in [5, 5.41) is 0. The molecule has 0 atom stereocenters. The van der Waals surface area contributed by atoms with Crippen LogP contribution in [0.25, 0.3) is 5.57 Å². The van der Waals surface area contributed by atoms with Crippen molar-refractivity contribution in [2.24, 2.45) is 0 Å². The molecule has 0 N–H and O–H groups in total. The van der Waals surface area contributed by atoms with Gasteiger partial charge in [0, 0.05) is 52.6 Å². The van der Waals surface area contributed by atoms with Crippen LogP contribution in [0, 0.1) is 0 Å². The summed E-state index contributed by atoms with van der Waals surface area (Å²) in [6.45, 7) is 5.04. The largest absolute Gasteiger partial charge is 0.496 e. The fourth-order valence-electron chi connectivity index (χ4n) is 3.36. The van der Waals surface area contributed by atoms with E-state index in [1.54, 1.807) is 33.5 Å². The third kappa shape index (κ3) is 5.59. The van der Waals surface area contributed by atoms with Crippen LogP contribution in [0.1, 0.15) is 18.9 Å². The molecule has 0 spiro atoms. The number of hydrogen-bond acceptors (Lipinski definition) is 7. The molecule has 166 valence electrons. The molecule has 1 aromatic carbocycles. The first kappa shape index (κ1) is 23.9. The number of para-hydroxylation sites is 1. The normalized spacial score (nSPS) is 14.1. The first-order chi connectivity index (χ1) is 14.6. The molecule has 30 heavy (non-hydrogen) atoms. The summed E-state index contributed by atoms with van der Waals surface area (Å²) in [5.41, 5.74) is 1.30. The van der Waals surface area contributed by atoms with Crippen LogP contribution >= 0.6 is 0 Å². The number of nitrogens with zero attached hydrogens (tertiary/aromatic N) is 2. The molecule has 0 unspecified atom stereocenters. The maximum Gasteiger partial charge on any atom is 0.277 e. The number of methoxy groups -OCH3 is 3. The lowest BCUT2D eigenvalue weighted by molar-refractivity contribution is -0.137. The minimum atomic E-state index is -0.323. The summed E-state index contributed by atoms with van der Waals surface area (Å²) in [6, 6.07) is 7.24. The topological polar surface area (TPSA) is 77.5 Å². The molecule has 0 saturated heterocycles. The Labute approximate surface area is 178 Å². The van der Waals surface area contributed by atoms with Crippen molar-refractivity contribution < 1.29 is 28.5 Å². The average molecular weight is 421 g/mol. The maximum absolute atomic E-state index is 13.4. The SMILES string of the molecule is CCOCCCN1C(=O)C(c2ccccc2OC)=C(N(CCOC)CCOC)C1=O. The molecule has 0 aromatic heterocycles. The van der Waals surface area contributed by atoms with E-state index in [0.29, 0.717) is 75.1 Å². The van der Waals surface area contributed by atoms with Crippen LogP contribution in [0.3, 0.4) is 0 Å². The molecular weight excluding hydrogens is 388 g/mol. The molecule has 0 fully saturated rings. The van der Waals surface area contributed by atoms with Crippen LogP contribution in [0.2, 0.25) is 0 Å². The Hall–Kier alpha value is -2.42. The summed E-state index contributed by atoms with van der Waals surface area (Å²) < 4.78 is 21.3. The molecule has 8 nitrogen and oxygen atoms in total. The number of ether oxygens (including phenoxy) is 4. The Balaban J connectivity index is 2.47. The van der Waals surface area contributed by atoms with Gasteiger partial charge in [0.15, 0.2) is 0 Å². The van der Waals surface area contributed by atoms with Gasteiger partial charge in [-0.1, -0.05) is 18.2 Å². The zero-order chi connectivity index (χ0) is 21.9. The Morgan fingerprint density at radius 2 is 1.60 bits per heavy atom. The van der Waals surface area contributed by atoms with E-state index in [2.05, 4.69) is 0 Å². The van der Waals surface area contributed by atoms with E-state index in [1.807, 2.05) is 24.0 Å². The second-order valence-corrected chi connectivity index (χ2v) is 6.71. The van der Waals surface area contributed by atoms with Crippen molar-refractivity contribution >= 4 is 17.4 Å². The average Bonchev–Trinajstić information content (AvgIpc) is 3.01. The molecule has 2 rings (SSSR count). The maximum atomic E-state index is 13.4. The van der Waals surface area contributed by atoms with Crippen LogP contribution in [0.5, 0.6) is 5.75 Å². The molecular formula is C22H32N2O6. The molecule has 2 amide bonds. The van der Waals surface area contributed by atoms with Crippen molar-refractivity contribution in [3.8, 4) is 5.75 Å². The predicted molar refractivity (Wildman–Crippen MR) is 113 cm³/mol. The quantitative estimate of drug-likeness (QED) is 0.335. The first-order valence-corrected chi connectivity index (χ1v) is 10.1. The Morgan fingerprint density at radius 1 is 0.933 bits per heavy atom. The highest BCUT2D eigenvalue weighted by Crippen LogP contribution is 2.36. The molecule has 8 heteroatoms. The Morgan fingerprint density at radius 3 is 2.20 bits per heavy atom. The lowest BCUT2D eigenvalue weighted by atomic mass is 10.0. The van der Waals surface area contributed by atoms with Crippen LogP contribution in [-0.2, 0) is 23.8 Å². The molecule has 1 aromatic rings. The van der Waals surface area contributed by atoms with Gasteiger partial charge in [-0.3, -0.25) is 14.5 Å². The number of imide groups is 1. The fraction of sp³-hybridized carbons (Fsp3) is 0.545. The number of benzene rings is 1. The summed E-state index contributed by atoms with van der Waals surface area (Å²) in [5.74, 6) is -0.0961. The smallest absolute Gasteiger partial charge is 0.277 e. The summed E-state index contributed by atoms with van der Waals surface area (Å²) in [4.78, 5) is 29.9. The van der Waals surface area contributed by atoms with E-state index < -0.39 is 0 Å². The van der Waals surface area contributed by atoms with Crippen molar-refractivity contribution in [2.45, 2.75) is 13.3 Å². The number of carbonyl (C=O) groups excluding carboxylic acids is 2. The molecule has 1 aliphatic heterocycles. The van der Waals surface area contributed by atoms with E-state index in [-0.39, 0.29) is 11.8 Å². The second-order valence-electron chi connectivity index (χ2n) is 6.71. The van der Waals surface area contributed by atoms with Gasteiger partial charge in [-0.15, -0.1) is 0 Å².